The van der Waals surface area contributed by atoms with Crippen molar-refractivity contribution in [2.45, 2.75) is 83.5 Å². The fourth-order valence-electron chi connectivity index (χ4n) is 13.1. The lowest BCUT2D eigenvalue weighted by atomic mass is 9.74. The predicted molar refractivity (Wildman–Crippen MR) is 292 cm³/mol. The predicted octanol–water partition coefficient (Wildman–Crippen LogP) is 16.8. The average molecular weight is 889 g/mol. The summed E-state index contributed by atoms with van der Waals surface area (Å²) in [6.45, 7) is 0. The topological polar surface area (TPSA) is 6.48 Å². The maximum atomic E-state index is 2.66. The second-order valence-corrected chi connectivity index (χ2v) is 20.4. The summed E-state index contributed by atoms with van der Waals surface area (Å²) in [5.74, 6) is 0. The molecule has 0 atom stereocenters. The number of hydrogen-bond donors (Lipinski definition) is 0. The van der Waals surface area contributed by atoms with Crippen LogP contribution >= 0.6 is 0 Å². The van der Waals surface area contributed by atoms with Crippen LogP contribution in [0, 0.1) is 0 Å². The van der Waals surface area contributed by atoms with Gasteiger partial charge in [0.2, 0.25) is 0 Å². The molecule has 0 radical (unpaired) electrons. The Bertz CT molecular complexity index is 3660. The van der Waals surface area contributed by atoms with E-state index in [1.807, 2.05) is 0 Å². The van der Waals surface area contributed by atoms with Gasteiger partial charge in [-0.05, 0) is 225 Å². The molecule has 0 N–H and O–H groups in total. The smallest absolute Gasteiger partial charge is 0.0461 e. The van der Waals surface area contributed by atoms with Gasteiger partial charge in [-0.2, -0.15) is 0 Å². The van der Waals surface area contributed by atoms with Crippen LogP contribution in [0.25, 0.3) is 55.6 Å². The lowest BCUT2D eigenvalue weighted by Gasteiger charge is -2.34. The van der Waals surface area contributed by atoms with E-state index in [1.165, 1.54) is 113 Å². The van der Waals surface area contributed by atoms with Crippen LogP contribution < -0.4 is 9.80 Å². The molecule has 0 amide bonds. The summed E-state index contributed by atoms with van der Waals surface area (Å²) in [5.41, 5.74) is 26.0. The Morgan fingerprint density at radius 2 is 0.797 bits per heavy atom. The van der Waals surface area contributed by atoms with E-state index in [4.69, 9.17) is 0 Å². The standard InChI is InChI=1S/C67H56N2/c1-5-15-49-37-57(32-23-44(49)11-1)68(58-33-24-45-12-2-6-16-50(45)38-58)56-30-27-48(28-31-56)64-42-54-19-10-22-63-65(43-55-20-9-21-62(64)66(55)67(54)63)53-29-36-61(41-53)69(59-34-25-46-13-3-7-17-51(46)39-59)60-35-26-47-14-4-8-18-52(47)40-60/h1-8,11-18,23,25,27,29-30,32,34,36-40,42-43H,9-10,19-22,24,26,28,31,33,35,41H2. The molecule has 0 aliphatic heterocycles. The second kappa shape index (κ2) is 16.7. The van der Waals surface area contributed by atoms with E-state index >= 15 is 0 Å². The molecule has 0 saturated heterocycles. The quantitative estimate of drug-likeness (QED) is 0.150. The highest BCUT2D eigenvalue weighted by molar-refractivity contribution is 6.02. The van der Waals surface area contributed by atoms with Gasteiger partial charge in [0.05, 0.1) is 0 Å². The summed E-state index contributed by atoms with van der Waals surface area (Å²) >= 11 is 0. The Kier molecular flexibility index (Phi) is 9.82. The Hall–Kier alpha value is -7.42. The van der Waals surface area contributed by atoms with Crippen LogP contribution in [-0.2, 0) is 38.5 Å². The Balaban J connectivity index is 0.821. The number of fused-ring (bicyclic) bond motifs is 4. The van der Waals surface area contributed by atoms with E-state index < -0.39 is 0 Å². The molecule has 8 aromatic carbocycles. The monoisotopic (exact) mass is 888 g/mol. The van der Waals surface area contributed by atoms with Gasteiger partial charge in [0.25, 0.3) is 0 Å². The Morgan fingerprint density at radius 3 is 1.36 bits per heavy atom. The van der Waals surface area contributed by atoms with Crippen molar-refractivity contribution >= 4 is 67.0 Å². The largest absolute Gasteiger partial charge is 0.318 e. The van der Waals surface area contributed by atoms with Crippen LogP contribution in [-0.4, -0.2) is 0 Å². The fourth-order valence-corrected chi connectivity index (χ4v) is 13.1. The summed E-state index contributed by atoms with van der Waals surface area (Å²) < 4.78 is 0. The minimum atomic E-state index is 0.936. The maximum Gasteiger partial charge on any atom is 0.0461 e. The molecule has 0 saturated carbocycles. The fraction of sp³-hybridized carbons (Fsp3) is 0.194. The molecule has 0 aromatic heterocycles. The van der Waals surface area contributed by atoms with Gasteiger partial charge in [0.1, 0.15) is 0 Å². The number of hydrogen-bond acceptors (Lipinski definition) is 2. The Morgan fingerprint density at radius 1 is 0.319 bits per heavy atom. The van der Waals surface area contributed by atoms with Crippen molar-refractivity contribution < 1.29 is 0 Å². The lowest BCUT2D eigenvalue weighted by Crippen LogP contribution is -2.24. The number of rotatable bonds is 8. The van der Waals surface area contributed by atoms with Crippen LogP contribution in [0.5, 0.6) is 0 Å². The number of aryl methyl sites for hydroxylation is 6. The molecule has 0 spiro atoms. The number of allylic oxidation sites excluding steroid dienone is 9. The third kappa shape index (κ3) is 7.06. The molecule has 8 aromatic rings. The van der Waals surface area contributed by atoms with Gasteiger partial charge in [-0.3, -0.25) is 0 Å². The molecular formula is C67H56N2. The van der Waals surface area contributed by atoms with Gasteiger partial charge >= 0.3 is 0 Å². The lowest BCUT2D eigenvalue weighted by molar-refractivity contribution is 0.781. The van der Waals surface area contributed by atoms with Crippen molar-refractivity contribution in [3.8, 4) is 0 Å². The minimum Gasteiger partial charge on any atom is -0.318 e. The summed E-state index contributed by atoms with van der Waals surface area (Å²) in [5, 5.41) is 8.35. The molecule has 6 aliphatic carbocycles. The van der Waals surface area contributed by atoms with Crippen LogP contribution in [0.15, 0.2) is 193 Å². The SMILES string of the molecule is C1=C(c2cc3c4c(c(C5=CC=C(N(C6=Cc7ccccc7CC6)c6ccc7ccccc7c6)C5)cc5c4c2CCC5)CCC3)CCC(N(C2=Cc3ccccc3CC2)c2ccc3ccccc3c2)=C1. The van der Waals surface area contributed by atoms with Gasteiger partial charge < -0.3 is 9.80 Å². The normalized spacial score (nSPS) is 17.0. The Labute approximate surface area is 406 Å². The zero-order valence-corrected chi connectivity index (χ0v) is 39.4. The molecule has 0 fully saturated rings. The molecule has 2 nitrogen and oxygen atoms in total. The van der Waals surface area contributed by atoms with Gasteiger partial charge in [-0.15, -0.1) is 0 Å². The maximum absolute atomic E-state index is 2.66. The van der Waals surface area contributed by atoms with Gasteiger partial charge in [-0.1, -0.05) is 133 Å². The van der Waals surface area contributed by atoms with Crippen LogP contribution in [0.2, 0.25) is 0 Å². The number of nitrogens with zero attached hydrogens (tertiary/aromatic N) is 2. The van der Waals surface area contributed by atoms with Gasteiger partial charge in [0, 0.05) is 40.6 Å². The minimum absolute atomic E-state index is 0.936. The molecular weight excluding hydrogens is 833 g/mol. The highest BCUT2D eigenvalue weighted by Crippen LogP contribution is 2.48. The second-order valence-electron chi connectivity index (χ2n) is 20.4. The van der Waals surface area contributed by atoms with Crippen molar-refractivity contribution in [3.63, 3.8) is 0 Å². The summed E-state index contributed by atoms with van der Waals surface area (Å²) in [4.78, 5) is 5.20. The number of anilines is 2. The molecule has 0 heterocycles. The highest BCUT2D eigenvalue weighted by Gasteiger charge is 2.31. The average Bonchev–Trinajstić information content (AvgIpc) is 3.89. The third-order valence-electron chi connectivity index (χ3n) is 16.4. The number of benzene rings is 8. The van der Waals surface area contributed by atoms with Gasteiger partial charge in [0.15, 0.2) is 0 Å². The first kappa shape index (κ1) is 40.6. The van der Waals surface area contributed by atoms with E-state index in [2.05, 4.69) is 192 Å². The van der Waals surface area contributed by atoms with Crippen LogP contribution in [0.1, 0.15) is 101 Å². The summed E-state index contributed by atoms with van der Waals surface area (Å²) in [6, 6.07) is 54.9. The molecule has 2 heteroatoms. The zero-order valence-electron chi connectivity index (χ0n) is 39.4. The highest BCUT2D eigenvalue weighted by atomic mass is 15.2. The van der Waals surface area contributed by atoms with E-state index in [0.717, 1.165) is 70.6 Å². The first-order chi connectivity index (χ1) is 34.2. The van der Waals surface area contributed by atoms with Crippen molar-refractivity contribution in [3.05, 3.63) is 248 Å². The first-order valence-electron chi connectivity index (χ1n) is 25.8. The van der Waals surface area contributed by atoms with Crippen LogP contribution in [0.3, 0.4) is 0 Å². The molecule has 69 heavy (non-hydrogen) atoms. The molecule has 0 unspecified atom stereocenters. The third-order valence-corrected chi connectivity index (χ3v) is 16.4. The van der Waals surface area contributed by atoms with E-state index in [9.17, 15) is 0 Å². The van der Waals surface area contributed by atoms with Crippen molar-refractivity contribution in [2.75, 3.05) is 9.80 Å². The van der Waals surface area contributed by atoms with Crippen LogP contribution in [0.4, 0.5) is 11.4 Å². The molecule has 14 rings (SSSR count). The zero-order chi connectivity index (χ0) is 45.4. The summed E-state index contributed by atoms with van der Waals surface area (Å²) in [6.07, 6.45) is 29.0. The summed E-state index contributed by atoms with van der Waals surface area (Å²) in [7, 11) is 0. The molecule has 334 valence electrons. The van der Waals surface area contributed by atoms with E-state index in [-0.39, 0.29) is 0 Å². The van der Waals surface area contributed by atoms with Crippen molar-refractivity contribution in [1.82, 2.24) is 0 Å². The first-order valence-corrected chi connectivity index (χ1v) is 25.8. The van der Waals surface area contributed by atoms with Crippen molar-refractivity contribution in [1.29, 1.82) is 0 Å². The molecule has 0 bridgehead atoms. The van der Waals surface area contributed by atoms with E-state index in [0.29, 0.717) is 0 Å². The van der Waals surface area contributed by atoms with Crippen molar-refractivity contribution in [2.24, 2.45) is 0 Å². The molecule has 6 aliphatic rings. The van der Waals surface area contributed by atoms with E-state index in [1.54, 1.807) is 33.0 Å². The van der Waals surface area contributed by atoms with Gasteiger partial charge in [-0.25, -0.2) is 0 Å².